The van der Waals surface area contributed by atoms with E-state index in [0.29, 0.717) is 0 Å². The summed E-state index contributed by atoms with van der Waals surface area (Å²) in [6, 6.07) is 2.50. The first-order valence-electron chi connectivity index (χ1n) is 5.16. The van der Waals surface area contributed by atoms with E-state index in [0.717, 1.165) is 30.7 Å². The maximum atomic E-state index is 12.5. The second kappa shape index (κ2) is 4.51. The maximum Gasteiger partial charge on any atom is 0.416 e. The van der Waals surface area contributed by atoms with Crippen LogP contribution >= 0.6 is 0 Å². The lowest BCUT2D eigenvalue weighted by molar-refractivity contribution is -0.137. The summed E-state index contributed by atoms with van der Waals surface area (Å²) in [6.07, 6.45) is -2.92. The Morgan fingerprint density at radius 1 is 1.30 bits per heavy atom. The number of hydrogen-bond acceptors (Lipinski definition) is 5. The van der Waals surface area contributed by atoms with Gasteiger partial charge in [-0.15, -0.1) is 0 Å². The van der Waals surface area contributed by atoms with Crippen LogP contribution in [-0.2, 0) is 16.3 Å². The Labute approximate surface area is 111 Å². The molecule has 0 aliphatic carbocycles. The molecule has 0 amide bonds. The number of alkyl halides is 3. The summed E-state index contributed by atoms with van der Waals surface area (Å²) in [5.74, 6) is -1.03. The van der Waals surface area contributed by atoms with Crippen LogP contribution in [0.1, 0.15) is 5.56 Å². The molecule has 0 spiro atoms. The van der Waals surface area contributed by atoms with Crippen molar-refractivity contribution >= 4 is 21.0 Å². The van der Waals surface area contributed by atoms with Gasteiger partial charge in [0.1, 0.15) is 0 Å². The Kier molecular flexibility index (Phi) is 3.24. The molecule has 5 nitrogen and oxygen atoms in total. The van der Waals surface area contributed by atoms with Gasteiger partial charge in [-0.1, -0.05) is 0 Å². The zero-order chi connectivity index (χ0) is 15.1. The van der Waals surface area contributed by atoms with Crippen LogP contribution in [0.15, 0.2) is 24.4 Å². The van der Waals surface area contributed by atoms with E-state index in [9.17, 15) is 26.7 Å². The first-order valence-corrected chi connectivity index (χ1v) is 6.98. The molecule has 2 rings (SSSR count). The number of nitrogens with zero attached hydrogens (tertiary/aromatic N) is 1. The highest BCUT2D eigenvalue weighted by Gasteiger charge is 2.31. The Morgan fingerprint density at radius 3 is 2.50 bits per heavy atom. The van der Waals surface area contributed by atoms with E-state index in [2.05, 4.69) is 9.17 Å². The first-order chi connectivity index (χ1) is 9.08. The highest BCUT2D eigenvalue weighted by Crippen LogP contribution is 2.37. The molecule has 0 bridgehead atoms. The van der Waals surface area contributed by atoms with Gasteiger partial charge in [0.05, 0.1) is 23.5 Å². The van der Waals surface area contributed by atoms with Gasteiger partial charge in [0.2, 0.25) is 5.75 Å². The van der Waals surface area contributed by atoms with Crippen LogP contribution in [0.5, 0.6) is 11.5 Å². The molecule has 0 fully saturated rings. The zero-order valence-corrected chi connectivity index (χ0v) is 10.8. The molecule has 0 saturated carbocycles. The third kappa shape index (κ3) is 2.93. The molecule has 1 aromatic heterocycles. The summed E-state index contributed by atoms with van der Waals surface area (Å²) in [7, 11) is -3.88. The van der Waals surface area contributed by atoms with Crippen molar-refractivity contribution in [3.63, 3.8) is 0 Å². The molecule has 20 heavy (non-hydrogen) atoms. The molecule has 0 aliphatic heterocycles. The van der Waals surface area contributed by atoms with E-state index in [4.69, 9.17) is 0 Å². The number of aromatic nitrogens is 1. The van der Waals surface area contributed by atoms with Crippen LogP contribution in [0.2, 0.25) is 0 Å². The molecule has 0 radical (unpaired) electrons. The van der Waals surface area contributed by atoms with Gasteiger partial charge in [-0.2, -0.15) is 21.6 Å². The van der Waals surface area contributed by atoms with Gasteiger partial charge in [0.15, 0.2) is 5.75 Å². The molecular formula is C11H8F3NO4S. The van der Waals surface area contributed by atoms with Crippen molar-refractivity contribution in [2.45, 2.75) is 6.18 Å². The van der Waals surface area contributed by atoms with Crippen LogP contribution in [0.25, 0.3) is 10.9 Å². The fourth-order valence-corrected chi connectivity index (χ4v) is 2.01. The summed E-state index contributed by atoms with van der Waals surface area (Å²) in [4.78, 5) is 3.65. The summed E-state index contributed by atoms with van der Waals surface area (Å²) < 4.78 is 64.0. The zero-order valence-electron chi connectivity index (χ0n) is 9.97. The highest BCUT2D eigenvalue weighted by molar-refractivity contribution is 7.86. The molecule has 0 aliphatic rings. The predicted octanol–water partition coefficient (Wildman–Crippen LogP) is 2.30. The molecule has 108 valence electrons. The van der Waals surface area contributed by atoms with Crippen LogP contribution in [0.4, 0.5) is 13.2 Å². The number of hydrogen-bond donors (Lipinski definition) is 1. The lowest BCUT2D eigenvalue weighted by Gasteiger charge is -2.10. The number of aromatic hydroxyl groups is 1. The van der Waals surface area contributed by atoms with Crippen molar-refractivity contribution in [2.75, 3.05) is 6.26 Å². The number of fused-ring (bicyclic) bond motifs is 1. The molecule has 0 saturated heterocycles. The van der Waals surface area contributed by atoms with Gasteiger partial charge in [-0.25, -0.2) is 0 Å². The molecule has 1 aromatic carbocycles. The maximum absolute atomic E-state index is 12.5. The van der Waals surface area contributed by atoms with Gasteiger partial charge < -0.3 is 9.29 Å². The summed E-state index contributed by atoms with van der Waals surface area (Å²) in [6.45, 7) is 0. The van der Waals surface area contributed by atoms with Crippen molar-refractivity contribution in [2.24, 2.45) is 0 Å². The number of rotatable bonds is 2. The summed E-state index contributed by atoms with van der Waals surface area (Å²) in [5.41, 5.74) is -1.05. The van der Waals surface area contributed by atoms with E-state index in [1.54, 1.807) is 0 Å². The van der Waals surface area contributed by atoms with E-state index in [1.807, 2.05) is 0 Å². The van der Waals surface area contributed by atoms with Gasteiger partial charge >= 0.3 is 16.3 Å². The van der Waals surface area contributed by atoms with Gasteiger partial charge in [0.25, 0.3) is 0 Å². The quantitative estimate of drug-likeness (QED) is 0.862. The molecular weight excluding hydrogens is 299 g/mol. The van der Waals surface area contributed by atoms with Crippen molar-refractivity contribution in [1.82, 2.24) is 4.98 Å². The average Bonchev–Trinajstić information content (AvgIpc) is 2.30. The van der Waals surface area contributed by atoms with E-state index < -0.39 is 33.4 Å². The minimum atomic E-state index is -4.53. The minimum Gasteiger partial charge on any atom is -0.504 e. The standard InChI is InChI=1S/C11H8F3NO4S/c1-20(17,18)19-9-5-15-8-4-6(11(12,13)14)2-3-7(8)10(9)16/h2-5H,1H3,(H,15,16). The highest BCUT2D eigenvalue weighted by atomic mass is 32.2. The summed E-state index contributed by atoms with van der Waals surface area (Å²) >= 11 is 0. The van der Waals surface area contributed by atoms with Crippen molar-refractivity contribution in [3.8, 4) is 11.5 Å². The molecule has 0 atom stereocenters. The molecule has 9 heteroatoms. The van der Waals surface area contributed by atoms with Crippen molar-refractivity contribution in [1.29, 1.82) is 0 Å². The van der Waals surface area contributed by atoms with E-state index in [1.165, 1.54) is 0 Å². The Morgan fingerprint density at radius 2 is 1.95 bits per heavy atom. The molecule has 0 unspecified atom stereocenters. The van der Waals surface area contributed by atoms with E-state index in [-0.39, 0.29) is 10.9 Å². The Hall–Kier alpha value is -2.03. The molecule has 1 N–H and O–H groups in total. The first kappa shape index (κ1) is 14.4. The summed E-state index contributed by atoms with van der Waals surface area (Å²) in [5, 5.41) is 9.75. The SMILES string of the molecule is CS(=O)(=O)Oc1cnc2cc(C(F)(F)F)ccc2c1O. The van der Waals surface area contributed by atoms with Crippen molar-refractivity contribution < 1.29 is 30.9 Å². The Balaban J connectivity index is 2.58. The molecule has 2 aromatic rings. The lowest BCUT2D eigenvalue weighted by Crippen LogP contribution is -2.07. The van der Waals surface area contributed by atoms with Crippen LogP contribution in [0, 0.1) is 0 Å². The number of benzene rings is 1. The second-order valence-electron chi connectivity index (χ2n) is 3.99. The third-order valence-electron chi connectivity index (χ3n) is 2.38. The minimum absolute atomic E-state index is 0.0425. The van der Waals surface area contributed by atoms with Gasteiger partial charge in [0, 0.05) is 5.39 Å². The van der Waals surface area contributed by atoms with Gasteiger partial charge in [-0.3, -0.25) is 4.98 Å². The monoisotopic (exact) mass is 307 g/mol. The topological polar surface area (TPSA) is 76.5 Å². The largest absolute Gasteiger partial charge is 0.504 e. The third-order valence-corrected chi connectivity index (χ3v) is 2.86. The lowest BCUT2D eigenvalue weighted by atomic mass is 10.1. The van der Waals surface area contributed by atoms with Gasteiger partial charge in [-0.05, 0) is 18.2 Å². The number of pyridine rings is 1. The normalized spacial score (nSPS) is 12.6. The Bertz CT molecular complexity index is 771. The number of halogens is 3. The van der Waals surface area contributed by atoms with Crippen LogP contribution in [0.3, 0.4) is 0 Å². The van der Waals surface area contributed by atoms with Crippen LogP contribution in [-0.4, -0.2) is 24.8 Å². The second-order valence-corrected chi connectivity index (χ2v) is 5.56. The predicted molar refractivity (Wildman–Crippen MR) is 63.9 cm³/mol. The van der Waals surface area contributed by atoms with Crippen LogP contribution < -0.4 is 4.18 Å². The fraction of sp³-hybridized carbons (Fsp3) is 0.182. The van der Waals surface area contributed by atoms with Crippen molar-refractivity contribution in [3.05, 3.63) is 30.0 Å². The smallest absolute Gasteiger partial charge is 0.416 e. The molecule has 1 heterocycles. The average molecular weight is 307 g/mol. The van der Waals surface area contributed by atoms with E-state index >= 15 is 0 Å². The fourth-order valence-electron chi connectivity index (χ4n) is 1.56.